The number of hydrogen-bond acceptors (Lipinski definition) is 1. The zero-order valence-corrected chi connectivity index (χ0v) is 12.5. The summed E-state index contributed by atoms with van der Waals surface area (Å²) in [5, 5.41) is 3.23. The Labute approximate surface area is 123 Å². The minimum absolute atomic E-state index is 0.00354. The molecule has 3 nitrogen and oxygen atoms in total. The van der Waals surface area contributed by atoms with Crippen molar-refractivity contribution in [1.29, 1.82) is 0 Å². The summed E-state index contributed by atoms with van der Waals surface area (Å²) < 4.78 is 1.61. The van der Waals surface area contributed by atoms with Crippen LogP contribution in [-0.4, -0.2) is 9.78 Å². The van der Waals surface area contributed by atoms with Gasteiger partial charge in [-0.3, -0.25) is 9.89 Å². The van der Waals surface area contributed by atoms with E-state index in [9.17, 15) is 4.79 Å². The first-order valence-electron chi connectivity index (χ1n) is 7.02. The van der Waals surface area contributed by atoms with Gasteiger partial charge in [0.05, 0.1) is 11.4 Å². The Bertz CT molecular complexity index is 838. The number of aromatic amines is 1. The Balaban J connectivity index is 2.16. The van der Waals surface area contributed by atoms with E-state index < -0.39 is 0 Å². The summed E-state index contributed by atoms with van der Waals surface area (Å²) in [7, 11) is 0. The third-order valence-corrected chi connectivity index (χ3v) is 3.72. The molecular weight excluding hydrogens is 260 g/mol. The summed E-state index contributed by atoms with van der Waals surface area (Å²) in [5.74, 6) is 0. The van der Waals surface area contributed by atoms with Gasteiger partial charge in [-0.1, -0.05) is 42.0 Å². The SMILES string of the molecule is Cc1ccc(-c2[nH]n(-c3cccc(C)c3)c(=O)c2C)cc1. The highest BCUT2D eigenvalue weighted by Gasteiger charge is 2.12. The fourth-order valence-corrected chi connectivity index (χ4v) is 2.47. The van der Waals surface area contributed by atoms with Gasteiger partial charge in [-0.2, -0.15) is 0 Å². The monoisotopic (exact) mass is 278 g/mol. The van der Waals surface area contributed by atoms with Crippen LogP contribution in [0.25, 0.3) is 16.9 Å². The van der Waals surface area contributed by atoms with Crippen LogP contribution in [-0.2, 0) is 0 Å². The zero-order chi connectivity index (χ0) is 15.0. The molecule has 0 atom stereocenters. The van der Waals surface area contributed by atoms with Gasteiger partial charge in [-0.15, -0.1) is 0 Å². The number of aryl methyl sites for hydroxylation is 2. The fourth-order valence-electron chi connectivity index (χ4n) is 2.47. The maximum atomic E-state index is 12.5. The summed E-state index contributed by atoms with van der Waals surface area (Å²) in [5.41, 5.74) is 5.83. The van der Waals surface area contributed by atoms with Crippen molar-refractivity contribution in [3.63, 3.8) is 0 Å². The first-order valence-corrected chi connectivity index (χ1v) is 7.02. The van der Waals surface area contributed by atoms with Gasteiger partial charge in [-0.25, -0.2) is 4.68 Å². The van der Waals surface area contributed by atoms with Gasteiger partial charge in [-0.05, 0) is 44.0 Å². The number of nitrogens with one attached hydrogen (secondary N) is 1. The molecule has 3 aromatic rings. The van der Waals surface area contributed by atoms with Gasteiger partial charge in [0.25, 0.3) is 5.56 Å². The van der Waals surface area contributed by atoms with Gasteiger partial charge < -0.3 is 0 Å². The van der Waals surface area contributed by atoms with Crippen molar-refractivity contribution in [1.82, 2.24) is 9.78 Å². The fraction of sp³-hybridized carbons (Fsp3) is 0.167. The van der Waals surface area contributed by atoms with E-state index in [0.717, 1.165) is 28.1 Å². The quantitative estimate of drug-likeness (QED) is 0.761. The molecule has 0 aliphatic heterocycles. The Morgan fingerprint density at radius 1 is 0.905 bits per heavy atom. The Morgan fingerprint density at radius 2 is 1.62 bits per heavy atom. The van der Waals surface area contributed by atoms with Crippen LogP contribution in [0.5, 0.6) is 0 Å². The lowest BCUT2D eigenvalue weighted by atomic mass is 10.1. The highest BCUT2D eigenvalue weighted by molar-refractivity contribution is 5.63. The molecule has 0 unspecified atom stereocenters. The average Bonchev–Trinajstić information content (AvgIpc) is 2.77. The summed E-state index contributed by atoms with van der Waals surface area (Å²) >= 11 is 0. The molecule has 0 aliphatic carbocycles. The minimum Gasteiger partial charge on any atom is -0.290 e. The largest absolute Gasteiger partial charge is 0.290 e. The van der Waals surface area contributed by atoms with Crippen LogP contribution in [0.4, 0.5) is 0 Å². The van der Waals surface area contributed by atoms with Gasteiger partial charge >= 0.3 is 0 Å². The van der Waals surface area contributed by atoms with Crippen LogP contribution in [0.15, 0.2) is 53.3 Å². The molecule has 2 aromatic carbocycles. The van der Waals surface area contributed by atoms with Crippen molar-refractivity contribution in [3.8, 4) is 16.9 Å². The predicted octanol–water partition coefficient (Wildman–Crippen LogP) is 3.76. The molecule has 0 aliphatic rings. The molecule has 0 amide bonds. The van der Waals surface area contributed by atoms with Crippen molar-refractivity contribution in [2.45, 2.75) is 20.8 Å². The minimum atomic E-state index is -0.00354. The van der Waals surface area contributed by atoms with Gasteiger partial charge in [0, 0.05) is 5.56 Å². The van der Waals surface area contributed by atoms with E-state index in [1.165, 1.54) is 5.56 Å². The Morgan fingerprint density at radius 3 is 2.29 bits per heavy atom. The van der Waals surface area contributed by atoms with Crippen LogP contribution in [0.2, 0.25) is 0 Å². The van der Waals surface area contributed by atoms with E-state index in [1.54, 1.807) is 4.68 Å². The second-order valence-corrected chi connectivity index (χ2v) is 5.46. The third kappa shape index (κ3) is 2.42. The van der Waals surface area contributed by atoms with Crippen LogP contribution < -0.4 is 5.56 Å². The highest BCUT2D eigenvalue weighted by atomic mass is 16.1. The lowest BCUT2D eigenvalue weighted by Gasteiger charge is -2.03. The summed E-state index contributed by atoms with van der Waals surface area (Å²) in [4.78, 5) is 12.5. The molecule has 1 aromatic heterocycles. The third-order valence-electron chi connectivity index (χ3n) is 3.72. The van der Waals surface area contributed by atoms with Crippen molar-refractivity contribution in [3.05, 3.63) is 75.6 Å². The summed E-state index contributed by atoms with van der Waals surface area (Å²) in [6.45, 7) is 5.93. The molecule has 0 bridgehead atoms. The second kappa shape index (κ2) is 5.09. The van der Waals surface area contributed by atoms with E-state index in [2.05, 4.69) is 24.2 Å². The first kappa shape index (κ1) is 13.4. The predicted molar refractivity (Wildman–Crippen MR) is 86.0 cm³/mol. The molecule has 1 N–H and O–H groups in total. The number of benzene rings is 2. The van der Waals surface area contributed by atoms with E-state index >= 15 is 0 Å². The van der Waals surface area contributed by atoms with Crippen LogP contribution >= 0.6 is 0 Å². The molecule has 21 heavy (non-hydrogen) atoms. The van der Waals surface area contributed by atoms with Gasteiger partial charge in [0.1, 0.15) is 0 Å². The topological polar surface area (TPSA) is 37.8 Å². The van der Waals surface area contributed by atoms with Crippen LogP contribution in [0, 0.1) is 20.8 Å². The molecule has 0 fully saturated rings. The molecule has 0 spiro atoms. The normalized spacial score (nSPS) is 10.8. The molecule has 0 radical (unpaired) electrons. The van der Waals surface area contributed by atoms with Crippen molar-refractivity contribution in [2.75, 3.05) is 0 Å². The maximum absolute atomic E-state index is 12.5. The molecular formula is C18H18N2O. The van der Waals surface area contributed by atoms with E-state index in [0.29, 0.717) is 0 Å². The highest BCUT2D eigenvalue weighted by Crippen LogP contribution is 2.20. The van der Waals surface area contributed by atoms with Crippen molar-refractivity contribution >= 4 is 0 Å². The van der Waals surface area contributed by atoms with Crippen LogP contribution in [0.3, 0.4) is 0 Å². The molecule has 106 valence electrons. The number of rotatable bonds is 2. The number of nitrogens with zero attached hydrogens (tertiary/aromatic N) is 1. The van der Waals surface area contributed by atoms with E-state index in [1.807, 2.05) is 50.2 Å². The zero-order valence-electron chi connectivity index (χ0n) is 12.5. The number of aromatic nitrogens is 2. The lowest BCUT2D eigenvalue weighted by molar-refractivity contribution is 0.850. The molecule has 0 saturated carbocycles. The van der Waals surface area contributed by atoms with Gasteiger partial charge in [0.2, 0.25) is 0 Å². The number of hydrogen-bond donors (Lipinski definition) is 1. The van der Waals surface area contributed by atoms with Gasteiger partial charge in [0.15, 0.2) is 0 Å². The van der Waals surface area contributed by atoms with E-state index in [4.69, 9.17) is 0 Å². The Hall–Kier alpha value is -2.55. The molecule has 1 heterocycles. The summed E-state index contributed by atoms with van der Waals surface area (Å²) in [6, 6.07) is 16.1. The van der Waals surface area contributed by atoms with E-state index in [-0.39, 0.29) is 5.56 Å². The summed E-state index contributed by atoms with van der Waals surface area (Å²) in [6.07, 6.45) is 0. The van der Waals surface area contributed by atoms with Crippen molar-refractivity contribution in [2.24, 2.45) is 0 Å². The molecule has 3 rings (SSSR count). The van der Waals surface area contributed by atoms with Crippen molar-refractivity contribution < 1.29 is 0 Å². The smallest absolute Gasteiger partial charge is 0.274 e. The first-order chi connectivity index (χ1) is 10.1. The molecule has 0 saturated heterocycles. The average molecular weight is 278 g/mol. The van der Waals surface area contributed by atoms with Crippen LogP contribution in [0.1, 0.15) is 16.7 Å². The lowest BCUT2D eigenvalue weighted by Crippen LogP contribution is -2.15. The standard InChI is InChI=1S/C18H18N2O/c1-12-7-9-15(10-8-12)17-14(3)18(21)20(19-17)16-6-4-5-13(2)11-16/h4-11,19H,1-3H3. The molecule has 3 heteroatoms. The maximum Gasteiger partial charge on any atom is 0.274 e. The Kier molecular flexibility index (Phi) is 3.26. The number of H-pyrrole nitrogens is 1. The second-order valence-electron chi connectivity index (χ2n) is 5.46.